The molecule has 0 saturated carbocycles. The Hall–Kier alpha value is -1.04. The minimum Gasteiger partial charge on any atom is -0.345 e. The average Bonchev–Trinajstić information content (AvgIpc) is 2.12. The molecular formula is C9H11ClF3N3. The lowest BCUT2D eigenvalue weighted by Gasteiger charge is -2.28. The number of alkyl halides is 3. The molecule has 16 heavy (non-hydrogen) atoms. The highest BCUT2D eigenvalue weighted by molar-refractivity contribution is 6.29. The maximum atomic E-state index is 12.3. The Labute approximate surface area is 96.3 Å². The molecule has 0 aromatic carbocycles. The van der Waals surface area contributed by atoms with Gasteiger partial charge in [0.1, 0.15) is 23.8 Å². The molecule has 0 amide bonds. The van der Waals surface area contributed by atoms with Crippen LogP contribution in [-0.4, -0.2) is 28.7 Å². The summed E-state index contributed by atoms with van der Waals surface area (Å²) in [6, 6.07) is 0.986. The van der Waals surface area contributed by atoms with Gasteiger partial charge in [0.05, 0.1) is 0 Å². The monoisotopic (exact) mass is 253 g/mol. The van der Waals surface area contributed by atoms with Crippen LogP contribution in [0, 0.1) is 0 Å². The molecule has 1 heterocycles. The zero-order valence-electron chi connectivity index (χ0n) is 8.79. The van der Waals surface area contributed by atoms with E-state index in [1.54, 1.807) is 13.8 Å². The molecule has 0 radical (unpaired) electrons. The van der Waals surface area contributed by atoms with E-state index in [0.29, 0.717) is 0 Å². The normalized spacial score (nSPS) is 11.9. The second-order valence-corrected chi connectivity index (χ2v) is 3.92. The Morgan fingerprint density at radius 2 is 2.00 bits per heavy atom. The minimum atomic E-state index is -4.28. The van der Waals surface area contributed by atoms with Crippen LogP contribution in [0.25, 0.3) is 0 Å². The van der Waals surface area contributed by atoms with E-state index in [0.717, 1.165) is 11.2 Å². The van der Waals surface area contributed by atoms with Gasteiger partial charge in [-0.15, -0.1) is 0 Å². The third-order valence-electron chi connectivity index (χ3n) is 1.89. The fraction of sp³-hybridized carbons (Fsp3) is 0.556. The van der Waals surface area contributed by atoms with E-state index >= 15 is 0 Å². The maximum Gasteiger partial charge on any atom is 0.405 e. The first kappa shape index (κ1) is 13.0. The van der Waals surface area contributed by atoms with Crippen LogP contribution in [0.5, 0.6) is 0 Å². The lowest BCUT2D eigenvalue weighted by molar-refractivity contribution is -0.120. The fourth-order valence-corrected chi connectivity index (χ4v) is 1.34. The van der Waals surface area contributed by atoms with Crippen LogP contribution in [0.3, 0.4) is 0 Å². The lowest BCUT2D eigenvalue weighted by Crippen LogP contribution is -2.39. The summed E-state index contributed by atoms with van der Waals surface area (Å²) in [4.78, 5) is 8.52. The van der Waals surface area contributed by atoms with Crippen molar-refractivity contribution in [3.63, 3.8) is 0 Å². The van der Waals surface area contributed by atoms with Crippen LogP contribution in [0.1, 0.15) is 13.8 Å². The highest BCUT2D eigenvalue weighted by Gasteiger charge is 2.32. The van der Waals surface area contributed by atoms with E-state index < -0.39 is 12.7 Å². The Morgan fingerprint density at radius 3 is 2.44 bits per heavy atom. The van der Waals surface area contributed by atoms with Crippen molar-refractivity contribution in [3.05, 3.63) is 17.5 Å². The van der Waals surface area contributed by atoms with Crippen LogP contribution in [0.15, 0.2) is 12.4 Å². The quantitative estimate of drug-likeness (QED) is 0.776. The summed E-state index contributed by atoms with van der Waals surface area (Å²) in [5, 5.41) is 0.123. The predicted molar refractivity (Wildman–Crippen MR) is 55.6 cm³/mol. The molecule has 0 aliphatic carbocycles. The second-order valence-electron chi connectivity index (χ2n) is 3.54. The van der Waals surface area contributed by atoms with Gasteiger partial charge in [-0.05, 0) is 13.8 Å². The van der Waals surface area contributed by atoms with Crippen molar-refractivity contribution < 1.29 is 13.2 Å². The zero-order chi connectivity index (χ0) is 12.3. The van der Waals surface area contributed by atoms with Crippen molar-refractivity contribution in [1.29, 1.82) is 0 Å². The fourth-order valence-electron chi connectivity index (χ4n) is 1.20. The largest absolute Gasteiger partial charge is 0.405 e. The van der Waals surface area contributed by atoms with Crippen molar-refractivity contribution >= 4 is 17.4 Å². The molecule has 0 fully saturated rings. The van der Waals surface area contributed by atoms with Gasteiger partial charge in [0.25, 0.3) is 0 Å². The molecule has 0 N–H and O–H groups in total. The number of aromatic nitrogens is 2. The van der Waals surface area contributed by atoms with Crippen LogP contribution in [-0.2, 0) is 0 Å². The first-order valence-electron chi connectivity index (χ1n) is 4.60. The van der Waals surface area contributed by atoms with E-state index in [-0.39, 0.29) is 17.0 Å². The van der Waals surface area contributed by atoms with Crippen LogP contribution < -0.4 is 4.90 Å². The number of nitrogens with zero attached hydrogens (tertiary/aromatic N) is 3. The van der Waals surface area contributed by atoms with Gasteiger partial charge in [0.2, 0.25) is 0 Å². The van der Waals surface area contributed by atoms with Crippen molar-refractivity contribution in [2.75, 3.05) is 11.4 Å². The summed E-state index contributed by atoms with van der Waals surface area (Å²) in [6.07, 6.45) is -3.13. The third kappa shape index (κ3) is 3.84. The molecule has 0 spiro atoms. The van der Waals surface area contributed by atoms with Gasteiger partial charge in [-0.1, -0.05) is 11.6 Å². The van der Waals surface area contributed by atoms with Gasteiger partial charge in [-0.25, -0.2) is 9.97 Å². The van der Waals surface area contributed by atoms with Gasteiger partial charge in [0, 0.05) is 12.1 Å². The van der Waals surface area contributed by atoms with Gasteiger partial charge in [0.15, 0.2) is 0 Å². The van der Waals surface area contributed by atoms with Crippen molar-refractivity contribution in [3.8, 4) is 0 Å². The van der Waals surface area contributed by atoms with E-state index in [4.69, 9.17) is 11.6 Å². The van der Waals surface area contributed by atoms with Crippen LogP contribution in [0.2, 0.25) is 5.15 Å². The summed E-state index contributed by atoms with van der Waals surface area (Å²) >= 11 is 5.61. The third-order valence-corrected chi connectivity index (χ3v) is 2.09. The van der Waals surface area contributed by atoms with E-state index in [9.17, 15) is 13.2 Å². The first-order valence-corrected chi connectivity index (χ1v) is 4.98. The van der Waals surface area contributed by atoms with E-state index in [2.05, 4.69) is 9.97 Å². The molecule has 0 bridgehead atoms. The van der Waals surface area contributed by atoms with E-state index in [1.165, 1.54) is 6.07 Å². The molecule has 1 rings (SSSR count). The molecule has 90 valence electrons. The molecule has 1 aromatic rings. The Bertz CT molecular complexity index is 354. The first-order chi connectivity index (χ1) is 7.29. The van der Waals surface area contributed by atoms with Gasteiger partial charge in [-0.2, -0.15) is 13.2 Å². The highest BCUT2D eigenvalue weighted by atomic mass is 35.5. The summed E-state index contributed by atoms with van der Waals surface area (Å²) in [5.41, 5.74) is 0. The van der Waals surface area contributed by atoms with Crippen LogP contribution >= 0.6 is 11.6 Å². The lowest BCUT2D eigenvalue weighted by atomic mass is 10.3. The molecular weight excluding hydrogens is 243 g/mol. The van der Waals surface area contributed by atoms with Crippen LogP contribution in [0.4, 0.5) is 19.0 Å². The summed E-state index contributed by atoms with van der Waals surface area (Å²) in [5.74, 6) is 0.173. The average molecular weight is 254 g/mol. The topological polar surface area (TPSA) is 29.0 Å². The molecule has 3 nitrogen and oxygen atoms in total. The Kier molecular flexibility index (Phi) is 3.96. The molecule has 0 aliphatic heterocycles. The SMILES string of the molecule is CC(C)N(CC(F)(F)F)c1cc(Cl)ncn1. The summed E-state index contributed by atoms with van der Waals surface area (Å²) in [7, 11) is 0. The van der Waals surface area contributed by atoms with Crippen molar-refractivity contribution in [1.82, 2.24) is 9.97 Å². The zero-order valence-corrected chi connectivity index (χ0v) is 9.55. The van der Waals surface area contributed by atoms with E-state index in [1.807, 2.05) is 0 Å². The number of anilines is 1. The minimum absolute atomic E-state index is 0.123. The summed E-state index contributed by atoms with van der Waals surface area (Å²) < 4.78 is 37.0. The Morgan fingerprint density at radius 1 is 1.38 bits per heavy atom. The smallest absolute Gasteiger partial charge is 0.345 e. The van der Waals surface area contributed by atoms with Gasteiger partial charge in [-0.3, -0.25) is 0 Å². The summed E-state index contributed by atoms with van der Waals surface area (Å²) in [6.45, 7) is 2.25. The molecule has 7 heteroatoms. The standard InChI is InChI=1S/C9H11ClF3N3/c1-6(2)16(4-9(11,12)13)8-3-7(10)14-5-15-8/h3,5-6H,4H2,1-2H3. The number of hydrogen-bond acceptors (Lipinski definition) is 3. The molecule has 0 aliphatic rings. The number of rotatable bonds is 3. The van der Waals surface area contributed by atoms with Crippen molar-refractivity contribution in [2.45, 2.75) is 26.1 Å². The van der Waals surface area contributed by atoms with Gasteiger partial charge < -0.3 is 4.90 Å². The number of hydrogen-bond donors (Lipinski definition) is 0. The van der Waals surface area contributed by atoms with Crippen molar-refractivity contribution in [2.24, 2.45) is 0 Å². The molecule has 0 atom stereocenters. The highest BCUT2D eigenvalue weighted by Crippen LogP contribution is 2.23. The Balaban J connectivity index is 2.94. The van der Waals surface area contributed by atoms with Gasteiger partial charge >= 0.3 is 6.18 Å². The molecule has 1 aromatic heterocycles. The predicted octanol–water partition coefficient (Wildman–Crippen LogP) is 2.91. The molecule has 0 saturated heterocycles. The maximum absolute atomic E-state index is 12.3. The molecule has 0 unspecified atom stereocenters. The number of halogens is 4. The second kappa shape index (κ2) is 4.86.